The first-order valence-electron chi connectivity index (χ1n) is 7.14. The number of rotatable bonds is 3. The monoisotopic (exact) mass is 379 g/mol. The van der Waals surface area contributed by atoms with Crippen LogP contribution in [0.3, 0.4) is 0 Å². The number of halogens is 3. The molecule has 0 amide bonds. The lowest BCUT2D eigenvalue weighted by Crippen LogP contribution is -2.12. The summed E-state index contributed by atoms with van der Waals surface area (Å²) in [5.74, 6) is -0.356. The minimum Gasteiger partial charge on any atom is -0.434 e. The third-order valence-electron chi connectivity index (χ3n) is 3.49. The number of nitrogens with two attached hydrogens (primary N) is 1. The maximum atomic E-state index is 14.3. The maximum Gasteiger partial charge on any atom is 0.272 e. The second-order valence-electron chi connectivity index (χ2n) is 5.30. The van der Waals surface area contributed by atoms with E-state index in [0.717, 1.165) is 0 Å². The van der Waals surface area contributed by atoms with Crippen LogP contribution in [-0.2, 0) is 0 Å². The second kappa shape index (κ2) is 6.74. The van der Waals surface area contributed by atoms with E-state index in [-0.39, 0.29) is 32.8 Å². The van der Waals surface area contributed by atoms with E-state index < -0.39 is 11.4 Å². The number of benzene rings is 2. The molecule has 1 aromatic heterocycles. The van der Waals surface area contributed by atoms with Crippen molar-refractivity contribution in [1.29, 1.82) is 0 Å². The Morgan fingerprint density at radius 1 is 1.16 bits per heavy atom. The number of hydrogen-bond donors (Lipinski definition) is 2. The number of ether oxygens (including phenoxy) is 1. The van der Waals surface area contributed by atoms with Crippen LogP contribution >= 0.6 is 23.2 Å². The molecule has 2 aromatic carbocycles. The van der Waals surface area contributed by atoms with Gasteiger partial charge in [-0.05, 0) is 24.6 Å². The van der Waals surface area contributed by atoms with Gasteiger partial charge in [-0.2, -0.15) is 0 Å². The van der Waals surface area contributed by atoms with Gasteiger partial charge >= 0.3 is 0 Å². The Morgan fingerprint density at radius 3 is 2.52 bits per heavy atom. The molecule has 3 N–H and O–H groups in total. The molecule has 0 radical (unpaired) electrons. The van der Waals surface area contributed by atoms with Crippen LogP contribution in [0.2, 0.25) is 10.0 Å². The van der Waals surface area contributed by atoms with Crippen LogP contribution in [0.15, 0.2) is 41.2 Å². The van der Waals surface area contributed by atoms with Crippen molar-refractivity contribution in [1.82, 2.24) is 10.2 Å². The summed E-state index contributed by atoms with van der Waals surface area (Å²) in [6.45, 7) is 1.61. The summed E-state index contributed by atoms with van der Waals surface area (Å²) in [7, 11) is 0. The zero-order chi connectivity index (χ0) is 18.1. The van der Waals surface area contributed by atoms with Crippen LogP contribution in [-0.4, -0.2) is 10.2 Å². The number of hydrogen-bond acceptors (Lipinski definition) is 4. The van der Waals surface area contributed by atoms with E-state index in [4.69, 9.17) is 33.7 Å². The van der Waals surface area contributed by atoms with Crippen LogP contribution in [0.25, 0.3) is 11.1 Å². The Morgan fingerprint density at radius 2 is 1.84 bits per heavy atom. The summed E-state index contributed by atoms with van der Waals surface area (Å²) in [5, 5.41) is 6.43. The minimum absolute atomic E-state index is 0.00378. The molecule has 3 aromatic rings. The number of aryl methyl sites for hydroxylation is 1. The first kappa shape index (κ1) is 17.3. The lowest BCUT2D eigenvalue weighted by atomic mass is 10.0. The number of nitrogen functional groups attached to an aromatic ring is 1. The fourth-order valence-electron chi connectivity index (χ4n) is 2.28. The van der Waals surface area contributed by atoms with Crippen LogP contribution in [0.5, 0.6) is 11.6 Å². The smallest absolute Gasteiger partial charge is 0.272 e. The lowest BCUT2D eigenvalue weighted by Gasteiger charge is -2.10. The van der Waals surface area contributed by atoms with Crippen molar-refractivity contribution >= 4 is 28.9 Å². The van der Waals surface area contributed by atoms with Gasteiger partial charge in [0.25, 0.3) is 5.56 Å². The summed E-state index contributed by atoms with van der Waals surface area (Å²) in [4.78, 5) is 12.1. The Labute approximate surface area is 152 Å². The average Bonchev–Trinajstić information content (AvgIpc) is 2.55. The SMILES string of the molecule is Cc1cccc(-c2cc(Oc3c(Cl)cc(N)cc3Cl)n[nH]c2=O)c1F. The average molecular weight is 380 g/mol. The van der Waals surface area contributed by atoms with Crippen LogP contribution < -0.4 is 16.0 Å². The summed E-state index contributed by atoms with van der Waals surface area (Å²) >= 11 is 12.1. The minimum atomic E-state index is -0.550. The summed E-state index contributed by atoms with van der Waals surface area (Å²) in [5.41, 5.74) is 6.10. The molecule has 0 fully saturated rings. The number of nitrogens with one attached hydrogen (secondary N) is 1. The highest BCUT2D eigenvalue weighted by atomic mass is 35.5. The quantitative estimate of drug-likeness (QED) is 0.653. The lowest BCUT2D eigenvalue weighted by molar-refractivity contribution is 0.455. The van der Waals surface area contributed by atoms with Crippen molar-refractivity contribution in [3.63, 3.8) is 0 Å². The topological polar surface area (TPSA) is 81.0 Å². The molecule has 8 heteroatoms. The van der Waals surface area contributed by atoms with Gasteiger partial charge in [-0.3, -0.25) is 4.79 Å². The van der Waals surface area contributed by atoms with Gasteiger partial charge in [0.05, 0.1) is 15.6 Å². The molecule has 0 bridgehead atoms. The third-order valence-corrected chi connectivity index (χ3v) is 4.05. The first-order chi connectivity index (χ1) is 11.9. The standard InChI is InChI=1S/C17H12Cl2FN3O2/c1-8-3-2-4-10(15(8)20)11-7-14(22-23-17(11)24)25-16-12(18)5-9(21)6-13(16)19/h2-7H,21H2,1H3,(H,23,24). The van der Waals surface area contributed by atoms with Crippen molar-refractivity contribution < 1.29 is 9.13 Å². The number of anilines is 1. The molecule has 0 unspecified atom stereocenters. The van der Waals surface area contributed by atoms with E-state index in [1.807, 2.05) is 0 Å². The number of H-pyrrole nitrogens is 1. The predicted octanol–water partition coefficient (Wildman–Crippen LogP) is 4.57. The zero-order valence-electron chi connectivity index (χ0n) is 12.9. The van der Waals surface area contributed by atoms with Gasteiger partial charge in [-0.15, -0.1) is 5.10 Å². The first-order valence-corrected chi connectivity index (χ1v) is 7.90. The van der Waals surface area contributed by atoms with Crippen molar-refractivity contribution in [2.45, 2.75) is 6.92 Å². The van der Waals surface area contributed by atoms with Crippen molar-refractivity contribution in [3.05, 3.63) is 68.2 Å². The van der Waals surface area contributed by atoms with Crippen LogP contribution in [0.1, 0.15) is 5.56 Å². The molecule has 0 aliphatic carbocycles. The van der Waals surface area contributed by atoms with E-state index in [2.05, 4.69) is 10.2 Å². The normalized spacial score (nSPS) is 10.7. The van der Waals surface area contributed by atoms with E-state index in [0.29, 0.717) is 11.3 Å². The molecule has 0 aliphatic rings. The summed E-state index contributed by atoms with van der Waals surface area (Å²) < 4.78 is 19.9. The van der Waals surface area contributed by atoms with Gasteiger partial charge in [0, 0.05) is 17.3 Å². The predicted molar refractivity (Wildman–Crippen MR) is 95.9 cm³/mol. The third kappa shape index (κ3) is 3.45. The van der Waals surface area contributed by atoms with Gasteiger partial charge in [0.15, 0.2) is 5.75 Å². The highest BCUT2D eigenvalue weighted by molar-refractivity contribution is 6.37. The van der Waals surface area contributed by atoms with Crippen molar-refractivity contribution in [2.24, 2.45) is 0 Å². The number of aromatic nitrogens is 2. The van der Waals surface area contributed by atoms with E-state index in [1.165, 1.54) is 24.3 Å². The molecule has 0 atom stereocenters. The highest BCUT2D eigenvalue weighted by Crippen LogP contribution is 2.38. The van der Waals surface area contributed by atoms with Gasteiger partial charge in [-0.1, -0.05) is 41.4 Å². The summed E-state index contributed by atoms with van der Waals surface area (Å²) in [6, 6.07) is 9.02. The molecular formula is C17H12Cl2FN3O2. The molecule has 128 valence electrons. The maximum absolute atomic E-state index is 14.3. The van der Waals surface area contributed by atoms with E-state index in [9.17, 15) is 9.18 Å². The fourth-order valence-corrected chi connectivity index (χ4v) is 2.86. The zero-order valence-corrected chi connectivity index (χ0v) is 14.5. The Balaban J connectivity index is 2.06. The molecule has 25 heavy (non-hydrogen) atoms. The molecule has 0 spiro atoms. The second-order valence-corrected chi connectivity index (χ2v) is 6.12. The number of nitrogens with zero attached hydrogens (tertiary/aromatic N) is 1. The van der Waals surface area contributed by atoms with Gasteiger partial charge in [0.2, 0.25) is 5.88 Å². The molecular weight excluding hydrogens is 368 g/mol. The van der Waals surface area contributed by atoms with Crippen LogP contribution in [0, 0.1) is 12.7 Å². The Hall–Kier alpha value is -2.57. The van der Waals surface area contributed by atoms with Gasteiger partial charge in [-0.25, -0.2) is 9.49 Å². The van der Waals surface area contributed by atoms with Gasteiger partial charge < -0.3 is 10.5 Å². The Bertz CT molecular complexity index is 998. The largest absolute Gasteiger partial charge is 0.434 e. The molecule has 0 saturated carbocycles. The fraction of sp³-hybridized carbons (Fsp3) is 0.0588. The molecule has 0 saturated heterocycles. The van der Waals surface area contributed by atoms with E-state index in [1.54, 1.807) is 19.1 Å². The molecule has 0 aliphatic heterocycles. The van der Waals surface area contributed by atoms with E-state index >= 15 is 0 Å². The number of aromatic amines is 1. The molecule has 5 nitrogen and oxygen atoms in total. The van der Waals surface area contributed by atoms with Crippen molar-refractivity contribution in [3.8, 4) is 22.8 Å². The van der Waals surface area contributed by atoms with Gasteiger partial charge in [0.1, 0.15) is 5.82 Å². The molecule has 3 rings (SSSR count). The Kier molecular flexibility index (Phi) is 4.65. The van der Waals surface area contributed by atoms with Crippen molar-refractivity contribution in [2.75, 3.05) is 5.73 Å². The van der Waals surface area contributed by atoms with Crippen LogP contribution in [0.4, 0.5) is 10.1 Å². The summed E-state index contributed by atoms with van der Waals surface area (Å²) in [6.07, 6.45) is 0. The highest BCUT2D eigenvalue weighted by Gasteiger charge is 2.15. The molecule has 1 heterocycles.